The standard InChI is InChI=1S/C23H25N3O2S/c1-15-6-5-7-21(16(15)2)26-13-12-24-23(26)29-14-22(28)20-10-8-19(9-11-20)17(3)25-18(4)27/h5-13,17H,14H2,1-4H3,(H,25,27)/t17-/m1/s1. The monoisotopic (exact) mass is 407 g/mol. The van der Waals surface area contributed by atoms with Gasteiger partial charge >= 0.3 is 0 Å². The molecule has 29 heavy (non-hydrogen) atoms. The summed E-state index contributed by atoms with van der Waals surface area (Å²) in [7, 11) is 0. The van der Waals surface area contributed by atoms with Gasteiger partial charge in [0.25, 0.3) is 0 Å². The maximum absolute atomic E-state index is 12.6. The molecule has 1 N–H and O–H groups in total. The van der Waals surface area contributed by atoms with E-state index in [4.69, 9.17) is 0 Å². The first-order chi connectivity index (χ1) is 13.9. The Hall–Kier alpha value is -2.86. The molecule has 0 saturated heterocycles. The van der Waals surface area contributed by atoms with Crippen LogP contribution in [0.25, 0.3) is 5.69 Å². The Bertz CT molecular complexity index is 1020. The fraction of sp³-hybridized carbons (Fsp3) is 0.261. The Morgan fingerprint density at radius 2 is 1.86 bits per heavy atom. The molecule has 0 fully saturated rings. The predicted molar refractivity (Wildman–Crippen MR) is 117 cm³/mol. The molecule has 3 rings (SSSR count). The molecule has 0 aliphatic rings. The van der Waals surface area contributed by atoms with E-state index in [0.717, 1.165) is 16.4 Å². The average Bonchev–Trinajstić information content (AvgIpc) is 3.16. The molecule has 1 amide bonds. The molecule has 0 bridgehead atoms. The van der Waals surface area contributed by atoms with Crippen LogP contribution in [0.4, 0.5) is 0 Å². The highest BCUT2D eigenvalue weighted by Gasteiger charge is 2.13. The first-order valence-corrected chi connectivity index (χ1v) is 10.5. The zero-order valence-corrected chi connectivity index (χ0v) is 17.9. The van der Waals surface area contributed by atoms with Gasteiger partial charge in [0.1, 0.15) is 0 Å². The van der Waals surface area contributed by atoms with Crippen LogP contribution in [0.2, 0.25) is 0 Å². The molecular formula is C23H25N3O2S. The molecule has 150 valence electrons. The van der Waals surface area contributed by atoms with Gasteiger partial charge in [0.15, 0.2) is 10.9 Å². The van der Waals surface area contributed by atoms with Gasteiger partial charge in [0.05, 0.1) is 17.5 Å². The molecule has 5 nitrogen and oxygen atoms in total. The van der Waals surface area contributed by atoms with Crippen LogP contribution in [0.3, 0.4) is 0 Å². The summed E-state index contributed by atoms with van der Waals surface area (Å²) in [5, 5.41) is 3.64. The largest absolute Gasteiger partial charge is 0.350 e. The molecule has 3 aromatic rings. The van der Waals surface area contributed by atoms with Gasteiger partial charge in [-0.15, -0.1) is 0 Å². The van der Waals surface area contributed by atoms with Crippen LogP contribution >= 0.6 is 11.8 Å². The molecule has 0 aliphatic carbocycles. The van der Waals surface area contributed by atoms with Crippen molar-refractivity contribution < 1.29 is 9.59 Å². The lowest BCUT2D eigenvalue weighted by Gasteiger charge is -2.13. The van der Waals surface area contributed by atoms with E-state index < -0.39 is 0 Å². The van der Waals surface area contributed by atoms with Crippen molar-refractivity contribution in [3.63, 3.8) is 0 Å². The number of amides is 1. The zero-order chi connectivity index (χ0) is 21.0. The lowest BCUT2D eigenvalue weighted by atomic mass is 10.0. The van der Waals surface area contributed by atoms with Crippen molar-refractivity contribution in [2.24, 2.45) is 0 Å². The van der Waals surface area contributed by atoms with Gasteiger partial charge in [-0.25, -0.2) is 4.98 Å². The lowest BCUT2D eigenvalue weighted by Crippen LogP contribution is -2.23. The summed E-state index contributed by atoms with van der Waals surface area (Å²) in [5.41, 5.74) is 5.11. The molecule has 1 aromatic heterocycles. The summed E-state index contributed by atoms with van der Waals surface area (Å²) in [6, 6.07) is 13.5. The normalized spacial score (nSPS) is 11.9. The summed E-state index contributed by atoms with van der Waals surface area (Å²) < 4.78 is 2.03. The minimum atomic E-state index is -0.0870. The molecule has 2 aromatic carbocycles. The number of aromatic nitrogens is 2. The van der Waals surface area contributed by atoms with Gasteiger partial charge in [-0.05, 0) is 43.5 Å². The van der Waals surface area contributed by atoms with Crippen molar-refractivity contribution in [3.8, 4) is 5.69 Å². The summed E-state index contributed by atoms with van der Waals surface area (Å²) in [5.74, 6) is 0.278. The average molecular weight is 408 g/mol. The quantitative estimate of drug-likeness (QED) is 0.457. The third kappa shape index (κ3) is 4.95. The number of benzene rings is 2. The number of aryl methyl sites for hydroxylation is 1. The maximum Gasteiger partial charge on any atom is 0.217 e. The molecular weight excluding hydrogens is 382 g/mol. The van der Waals surface area contributed by atoms with Gasteiger partial charge in [-0.1, -0.05) is 48.2 Å². The number of carbonyl (C=O) groups is 2. The molecule has 0 aliphatic heterocycles. The number of hydrogen-bond acceptors (Lipinski definition) is 4. The molecule has 0 radical (unpaired) electrons. The SMILES string of the molecule is CC(=O)N[C@H](C)c1ccc(C(=O)CSc2nccn2-c2cccc(C)c2C)cc1. The summed E-state index contributed by atoms with van der Waals surface area (Å²) >= 11 is 1.43. The van der Waals surface area contributed by atoms with Crippen molar-refractivity contribution >= 4 is 23.5 Å². The highest BCUT2D eigenvalue weighted by molar-refractivity contribution is 7.99. The number of hydrogen-bond donors (Lipinski definition) is 1. The molecule has 6 heteroatoms. The van der Waals surface area contributed by atoms with Crippen LogP contribution in [0.5, 0.6) is 0 Å². The number of carbonyl (C=O) groups excluding carboxylic acids is 2. The van der Waals surface area contributed by atoms with E-state index >= 15 is 0 Å². The fourth-order valence-electron chi connectivity index (χ4n) is 3.14. The van der Waals surface area contributed by atoms with Crippen LogP contribution in [-0.4, -0.2) is 27.0 Å². The second-order valence-corrected chi connectivity index (χ2v) is 8.00. The smallest absolute Gasteiger partial charge is 0.217 e. The summed E-state index contributed by atoms with van der Waals surface area (Å²) in [6.07, 6.45) is 3.68. The topological polar surface area (TPSA) is 64.0 Å². The number of rotatable bonds is 7. The van der Waals surface area contributed by atoms with E-state index in [1.807, 2.05) is 48.0 Å². The maximum atomic E-state index is 12.6. The molecule has 0 saturated carbocycles. The van der Waals surface area contributed by atoms with E-state index in [9.17, 15) is 9.59 Å². The Morgan fingerprint density at radius 1 is 1.14 bits per heavy atom. The number of Topliss-reactive ketones (excluding diaryl/α,β-unsaturated/α-hetero) is 1. The van der Waals surface area contributed by atoms with Crippen LogP contribution in [0.15, 0.2) is 60.0 Å². The Morgan fingerprint density at radius 3 is 2.55 bits per heavy atom. The molecule has 0 unspecified atom stereocenters. The van der Waals surface area contributed by atoms with Crippen molar-refractivity contribution in [2.75, 3.05) is 5.75 Å². The number of nitrogens with zero attached hydrogens (tertiary/aromatic N) is 2. The van der Waals surface area contributed by atoms with Crippen molar-refractivity contribution in [3.05, 3.63) is 77.1 Å². The van der Waals surface area contributed by atoms with E-state index in [0.29, 0.717) is 11.3 Å². The molecule has 1 atom stereocenters. The highest BCUT2D eigenvalue weighted by atomic mass is 32.2. The third-order valence-corrected chi connectivity index (χ3v) is 5.89. The highest BCUT2D eigenvalue weighted by Crippen LogP contribution is 2.25. The van der Waals surface area contributed by atoms with Gasteiger partial charge < -0.3 is 5.32 Å². The van der Waals surface area contributed by atoms with Crippen molar-refractivity contribution in [1.29, 1.82) is 0 Å². The fourth-order valence-corrected chi connectivity index (χ4v) is 4.00. The Kier molecular flexibility index (Phi) is 6.54. The van der Waals surface area contributed by atoms with E-state index in [1.165, 1.54) is 29.8 Å². The third-order valence-electron chi connectivity index (χ3n) is 4.93. The first-order valence-electron chi connectivity index (χ1n) is 9.50. The number of imidazole rings is 1. The van der Waals surface area contributed by atoms with E-state index in [1.54, 1.807) is 6.20 Å². The second-order valence-electron chi connectivity index (χ2n) is 7.05. The van der Waals surface area contributed by atoms with E-state index in [2.05, 4.69) is 36.3 Å². The number of ketones is 1. The van der Waals surface area contributed by atoms with E-state index in [-0.39, 0.29) is 17.7 Å². The van der Waals surface area contributed by atoms with Crippen LogP contribution in [-0.2, 0) is 4.79 Å². The summed E-state index contributed by atoms with van der Waals surface area (Å²) in [6.45, 7) is 7.59. The van der Waals surface area contributed by atoms with Crippen molar-refractivity contribution in [2.45, 2.75) is 38.9 Å². The van der Waals surface area contributed by atoms with Gasteiger partial charge in [0, 0.05) is 24.9 Å². The molecule has 1 heterocycles. The predicted octanol–water partition coefficient (Wildman–Crippen LogP) is 4.66. The zero-order valence-electron chi connectivity index (χ0n) is 17.1. The lowest BCUT2D eigenvalue weighted by molar-refractivity contribution is -0.119. The molecule has 0 spiro atoms. The minimum absolute atomic E-state index is 0.0456. The Balaban J connectivity index is 1.68. The summed E-state index contributed by atoms with van der Waals surface area (Å²) in [4.78, 5) is 28.3. The van der Waals surface area contributed by atoms with Crippen LogP contribution in [0, 0.1) is 13.8 Å². The van der Waals surface area contributed by atoms with Gasteiger partial charge in [0.2, 0.25) is 5.91 Å². The van der Waals surface area contributed by atoms with Crippen molar-refractivity contribution in [1.82, 2.24) is 14.9 Å². The second kappa shape index (κ2) is 9.09. The van der Waals surface area contributed by atoms with Crippen LogP contribution < -0.4 is 5.32 Å². The number of nitrogens with one attached hydrogen (secondary N) is 1. The number of thioether (sulfide) groups is 1. The Labute approximate surface area is 175 Å². The minimum Gasteiger partial charge on any atom is -0.350 e. The van der Waals surface area contributed by atoms with Crippen LogP contribution in [0.1, 0.15) is 46.9 Å². The van der Waals surface area contributed by atoms with Gasteiger partial charge in [-0.3, -0.25) is 14.2 Å². The first kappa shape index (κ1) is 20.9. The van der Waals surface area contributed by atoms with Gasteiger partial charge in [-0.2, -0.15) is 0 Å².